The fourth-order valence-corrected chi connectivity index (χ4v) is 2.49. The van der Waals surface area contributed by atoms with Crippen molar-refractivity contribution in [3.63, 3.8) is 0 Å². The van der Waals surface area contributed by atoms with E-state index in [1.807, 2.05) is 0 Å². The van der Waals surface area contributed by atoms with Crippen molar-refractivity contribution in [3.05, 3.63) is 22.4 Å². The molecule has 0 saturated carbocycles. The van der Waals surface area contributed by atoms with E-state index in [0.29, 0.717) is 22.4 Å². The van der Waals surface area contributed by atoms with Crippen molar-refractivity contribution in [3.8, 4) is 0 Å². The molecule has 0 radical (unpaired) electrons. The predicted molar refractivity (Wildman–Crippen MR) is 78.9 cm³/mol. The zero-order valence-corrected chi connectivity index (χ0v) is 12.5. The van der Waals surface area contributed by atoms with Gasteiger partial charge in [-0.15, -0.1) is 0 Å². The fourth-order valence-electron chi connectivity index (χ4n) is 2.13. The summed E-state index contributed by atoms with van der Waals surface area (Å²) in [7, 11) is 0. The summed E-state index contributed by atoms with van der Waals surface area (Å²) in [5.41, 5.74) is 6.98. The highest BCUT2D eigenvalue weighted by molar-refractivity contribution is 9.10. The summed E-state index contributed by atoms with van der Waals surface area (Å²) in [6.45, 7) is 6.39. The van der Waals surface area contributed by atoms with Crippen molar-refractivity contribution in [2.75, 3.05) is 43.8 Å². The highest BCUT2D eigenvalue weighted by Gasteiger charge is 2.19. The molecule has 19 heavy (non-hydrogen) atoms. The fraction of sp³-hybridized carbons (Fsp3) is 0.538. The van der Waals surface area contributed by atoms with Crippen molar-refractivity contribution in [2.45, 2.75) is 13.0 Å². The van der Waals surface area contributed by atoms with Crippen molar-refractivity contribution in [1.82, 2.24) is 4.90 Å². The first-order chi connectivity index (χ1) is 9.10. The monoisotopic (exact) mass is 331 g/mol. The molecule has 0 aromatic heterocycles. The van der Waals surface area contributed by atoms with E-state index in [1.54, 1.807) is 6.07 Å². The van der Waals surface area contributed by atoms with E-state index in [1.165, 1.54) is 6.07 Å². The number of hydrogen-bond donors (Lipinski definition) is 2. The van der Waals surface area contributed by atoms with Gasteiger partial charge in [0.25, 0.3) is 0 Å². The Balaban J connectivity index is 1.93. The summed E-state index contributed by atoms with van der Waals surface area (Å²) in [6.07, 6.45) is 0.111. The highest BCUT2D eigenvalue weighted by Crippen LogP contribution is 2.26. The van der Waals surface area contributed by atoms with E-state index >= 15 is 0 Å². The molecule has 2 rings (SSSR count). The number of hydrogen-bond acceptors (Lipinski definition) is 4. The Labute approximate surface area is 121 Å². The quantitative estimate of drug-likeness (QED) is 0.831. The Morgan fingerprint density at radius 3 is 3.11 bits per heavy atom. The second-order valence-electron chi connectivity index (χ2n) is 4.62. The van der Waals surface area contributed by atoms with Crippen LogP contribution in [0, 0.1) is 5.82 Å². The first-order valence-corrected chi connectivity index (χ1v) is 7.21. The van der Waals surface area contributed by atoms with E-state index in [0.717, 1.165) is 26.2 Å². The van der Waals surface area contributed by atoms with E-state index in [9.17, 15) is 4.39 Å². The van der Waals surface area contributed by atoms with Crippen molar-refractivity contribution in [1.29, 1.82) is 0 Å². The number of morpholine rings is 1. The molecule has 6 heteroatoms. The number of nitrogen functional groups attached to an aromatic ring is 1. The van der Waals surface area contributed by atoms with Crippen molar-refractivity contribution >= 4 is 27.3 Å². The minimum absolute atomic E-state index is 0.111. The summed E-state index contributed by atoms with van der Waals surface area (Å²) in [5.74, 6) is -0.323. The van der Waals surface area contributed by atoms with Crippen molar-refractivity contribution in [2.24, 2.45) is 0 Å². The molecule has 1 fully saturated rings. The van der Waals surface area contributed by atoms with Crippen LogP contribution in [0.1, 0.15) is 6.92 Å². The van der Waals surface area contributed by atoms with Crippen LogP contribution >= 0.6 is 15.9 Å². The summed E-state index contributed by atoms with van der Waals surface area (Å²) in [6, 6.07) is 2.97. The van der Waals surface area contributed by atoms with Crippen LogP contribution in [0.4, 0.5) is 15.8 Å². The molecule has 1 saturated heterocycles. The molecule has 1 atom stereocenters. The Hall–Kier alpha value is -0.850. The molecule has 1 aliphatic heterocycles. The van der Waals surface area contributed by atoms with Gasteiger partial charge in [0.05, 0.1) is 28.6 Å². The van der Waals surface area contributed by atoms with Gasteiger partial charge in [-0.3, -0.25) is 4.90 Å². The normalized spacial score (nSPS) is 20.5. The topological polar surface area (TPSA) is 50.5 Å². The van der Waals surface area contributed by atoms with Gasteiger partial charge in [-0.1, -0.05) is 6.92 Å². The lowest BCUT2D eigenvalue weighted by Gasteiger charge is -2.32. The van der Waals surface area contributed by atoms with Crippen LogP contribution in [-0.4, -0.2) is 43.8 Å². The standard InChI is InChI=1S/C13H19BrFN3O/c1-2-18-3-4-19-9(8-18)7-17-13-6-11(15)10(14)5-12(13)16/h5-6,9,17H,2-4,7-8,16H2,1H3. The smallest absolute Gasteiger partial charge is 0.139 e. The molecule has 1 aliphatic rings. The van der Waals surface area contributed by atoms with Gasteiger partial charge in [0.15, 0.2) is 0 Å². The lowest BCUT2D eigenvalue weighted by molar-refractivity contribution is -0.0191. The number of nitrogens with zero attached hydrogens (tertiary/aromatic N) is 1. The number of rotatable bonds is 4. The number of nitrogens with one attached hydrogen (secondary N) is 1. The predicted octanol–water partition coefficient (Wildman–Crippen LogP) is 2.30. The largest absolute Gasteiger partial charge is 0.397 e. The number of benzene rings is 1. The lowest BCUT2D eigenvalue weighted by atomic mass is 10.2. The van der Waals surface area contributed by atoms with Crippen LogP contribution in [0.2, 0.25) is 0 Å². The Bertz CT molecular complexity index is 444. The van der Waals surface area contributed by atoms with E-state index in [4.69, 9.17) is 10.5 Å². The number of likely N-dealkylation sites (N-methyl/N-ethyl adjacent to an activating group) is 1. The third-order valence-corrected chi connectivity index (χ3v) is 3.89. The molecule has 0 aliphatic carbocycles. The third-order valence-electron chi connectivity index (χ3n) is 3.28. The molecular weight excluding hydrogens is 313 g/mol. The van der Waals surface area contributed by atoms with Crippen LogP contribution in [0.3, 0.4) is 0 Å². The molecule has 3 N–H and O–H groups in total. The van der Waals surface area contributed by atoms with Gasteiger partial charge >= 0.3 is 0 Å². The minimum atomic E-state index is -0.323. The summed E-state index contributed by atoms with van der Waals surface area (Å²) < 4.78 is 19.5. The van der Waals surface area contributed by atoms with E-state index < -0.39 is 0 Å². The molecule has 106 valence electrons. The summed E-state index contributed by atoms with van der Waals surface area (Å²) in [4.78, 5) is 2.33. The van der Waals surface area contributed by atoms with Gasteiger partial charge < -0.3 is 15.8 Å². The molecule has 0 spiro atoms. The molecule has 4 nitrogen and oxygen atoms in total. The van der Waals surface area contributed by atoms with Crippen molar-refractivity contribution < 1.29 is 9.13 Å². The first kappa shape index (κ1) is 14.6. The molecular formula is C13H19BrFN3O. The van der Waals surface area contributed by atoms with Gasteiger partial charge in [-0.2, -0.15) is 0 Å². The van der Waals surface area contributed by atoms with Gasteiger partial charge in [0, 0.05) is 25.7 Å². The number of ether oxygens (including phenoxy) is 1. The second-order valence-corrected chi connectivity index (χ2v) is 5.47. The van der Waals surface area contributed by atoms with Crippen LogP contribution in [0.5, 0.6) is 0 Å². The molecule has 0 bridgehead atoms. The molecule has 1 heterocycles. The summed E-state index contributed by atoms with van der Waals surface area (Å²) in [5, 5.41) is 3.16. The average molecular weight is 332 g/mol. The van der Waals surface area contributed by atoms with Gasteiger partial charge in [-0.05, 0) is 28.5 Å². The Kier molecular flexibility index (Phi) is 5.01. The Morgan fingerprint density at radius 2 is 2.37 bits per heavy atom. The van der Waals surface area contributed by atoms with E-state index in [2.05, 4.69) is 33.1 Å². The van der Waals surface area contributed by atoms with Gasteiger partial charge in [0.2, 0.25) is 0 Å². The van der Waals surface area contributed by atoms with E-state index in [-0.39, 0.29) is 11.9 Å². The maximum absolute atomic E-state index is 13.5. The highest BCUT2D eigenvalue weighted by atomic mass is 79.9. The summed E-state index contributed by atoms with van der Waals surface area (Å²) >= 11 is 3.11. The molecule has 1 aromatic rings. The zero-order valence-electron chi connectivity index (χ0n) is 11.0. The van der Waals surface area contributed by atoms with Crippen LogP contribution in [0.25, 0.3) is 0 Å². The average Bonchev–Trinajstić information content (AvgIpc) is 2.41. The van der Waals surface area contributed by atoms with Crippen LogP contribution in [-0.2, 0) is 4.74 Å². The molecule has 1 aromatic carbocycles. The third kappa shape index (κ3) is 3.81. The van der Waals surface area contributed by atoms with Crippen LogP contribution < -0.4 is 11.1 Å². The SMILES string of the molecule is CCN1CCOC(CNc2cc(F)c(Br)cc2N)C1. The van der Waals surface area contributed by atoms with Crippen LogP contribution in [0.15, 0.2) is 16.6 Å². The maximum atomic E-state index is 13.5. The second kappa shape index (κ2) is 6.54. The molecule has 0 amide bonds. The minimum Gasteiger partial charge on any atom is -0.397 e. The number of anilines is 2. The van der Waals surface area contributed by atoms with Gasteiger partial charge in [-0.25, -0.2) is 4.39 Å². The maximum Gasteiger partial charge on any atom is 0.139 e. The zero-order chi connectivity index (χ0) is 13.8. The Morgan fingerprint density at radius 1 is 1.58 bits per heavy atom. The lowest BCUT2D eigenvalue weighted by Crippen LogP contribution is -2.45. The number of halogens is 2. The first-order valence-electron chi connectivity index (χ1n) is 6.42. The number of nitrogens with two attached hydrogens (primary N) is 1. The van der Waals surface area contributed by atoms with Gasteiger partial charge in [0.1, 0.15) is 5.82 Å². The molecule has 1 unspecified atom stereocenters.